The van der Waals surface area contributed by atoms with Crippen molar-refractivity contribution >= 4 is 12.4 Å². The first kappa shape index (κ1) is 16.2. The molecule has 0 N–H and O–H groups in total. The number of nitrogens with zero attached hydrogens (tertiary/aromatic N) is 1. The molecule has 0 amide bonds. The molecule has 1 aromatic rings. The Morgan fingerprint density at radius 1 is 1.14 bits per heavy atom. The second-order valence-electron chi connectivity index (χ2n) is 6.02. The SMILES string of the molecule is N#Cc1ccc(C=C[C@H]2CC[C@H](CCC=CC=O)CC2)cc1. The van der Waals surface area contributed by atoms with Crippen LogP contribution >= 0.6 is 0 Å². The van der Waals surface area contributed by atoms with Crippen molar-refractivity contribution < 1.29 is 4.79 Å². The molecule has 22 heavy (non-hydrogen) atoms. The topological polar surface area (TPSA) is 40.9 Å². The van der Waals surface area contributed by atoms with Crippen LogP contribution in [0.5, 0.6) is 0 Å². The predicted octanol–water partition coefficient (Wildman–Crippen LogP) is 4.91. The number of rotatable bonds is 6. The number of hydrogen-bond donors (Lipinski definition) is 0. The van der Waals surface area contributed by atoms with Gasteiger partial charge in [0, 0.05) is 0 Å². The van der Waals surface area contributed by atoms with Crippen molar-refractivity contribution in [2.75, 3.05) is 0 Å². The van der Waals surface area contributed by atoms with Crippen LogP contribution in [0.25, 0.3) is 6.08 Å². The van der Waals surface area contributed by atoms with Gasteiger partial charge in [-0.25, -0.2) is 0 Å². The summed E-state index contributed by atoms with van der Waals surface area (Å²) < 4.78 is 0. The highest BCUT2D eigenvalue weighted by Gasteiger charge is 2.18. The van der Waals surface area contributed by atoms with E-state index >= 15 is 0 Å². The van der Waals surface area contributed by atoms with Crippen molar-refractivity contribution in [2.45, 2.75) is 38.5 Å². The van der Waals surface area contributed by atoms with Crippen LogP contribution in [0.1, 0.15) is 49.7 Å². The smallest absolute Gasteiger partial charge is 0.142 e. The molecular formula is C20H23NO. The zero-order chi connectivity index (χ0) is 15.6. The number of nitriles is 1. The van der Waals surface area contributed by atoms with Gasteiger partial charge in [-0.15, -0.1) is 0 Å². The molecule has 2 rings (SSSR count). The third-order valence-electron chi connectivity index (χ3n) is 4.45. The van der Waals surface area contributed by atoms with Crippen molar-refractivity contribution in [3.05, 3.63) is 53.6 Å². The monoisotopic (exact) mass is 293 g/mol. The van der Waals surface area contributed by atoms with Gasteiger partial charge in [0.25, 0.3) is 0 Å². The molecule has 0 bridgehead atoms. The maximum absolute atomic E-state index is 10.2. The van der Waals surface area contributed by atoms with Gasteiger partial charge in [-0.3, -0.25) is 4.79 Å². The van der Waals surface area contributed by atoms with Gasteiger partial charge in [0.05, 0.1) is 11.6 Å². The van der Waals surface area contributed by atoms with E-state index in [1.807, 2.05) is 30.3 Å². The minimum Gasteiger partial charge on any atom is -0.299 e. The number of carbonyl (C=O) groups excluding carboxylic acids is 1. The van der Waals surface area contributed by atoms with E-state index in [-0.39, 0.29) is 0 Å². The van der Waals surface area contributed by atoms with Crippen LogP contribution in [0, 0.1) is 23.2 Å². The molecule has 1 aliphatic carbocycles. The molecule has 114 valence electrons. The molecule has 1 fully saturated rings. The van der Waals surface area contributed by atoms with E-state index in [1.165, 1.54) is 37.7 Å². The van der Waals surface area contributed by atoms with Crippen LogP contribution in [0.2, 0.25) is 0 Å². The summed E-state index contributed by atoms with van der Waals surface area (Å²) in [4.78, 5) is 10.2. The first-order valence-corrected chi connectivity index (χ1v) is 8.10. The summed E-state index contributed by atoms with van der Waals surface area (Å²) in [6.45, 7) is 0. The third kappa shape index (κ3) is 5.33. The quantitative estimate of drug-likeness (QED) is 0.552. The first-order chi connectivity index (χ1) is 10.8. The summed E-state index contributed by atoms with van der Waals surface area (Å²) in [5.41, 5.74) is 1.88. The third-order valence-corrected chi connectivity index (χ3v) is 4.45. The van der Waals surface area contributed by atoms with Crippen molar-refractivity contribution in [1.82, 2.24) is 0 Å². The fourth-order valence-corrected chi connectivity index (χ4v) is 3.07. The molecule has 0 atom stereocenters. The fourth-order valence-electron chi connectivity index (χ4n) is 3.07. The molecule has 0 aromatic heterocycles. The van der Waals surface area contributed by atoms with Gasteiger partial charge < -0.3 is 0 Å². The number of allylic oxidation sites excluding steroid dienone is 3. The summed E-state index contributed by atoms with van der Waals surface area (Å²) in [5, 5.41) is 8.79. The Balaban J connectivity index is 1.74. The van der Waals surface area contributed by atoms with Crippen LogP contribution in [-0.4, -0.2) is 6.29 Å². The van der Waals surface area contributed by atoms with Crippen molar-refractivity contribution in [2.24, 2.45) is 11.8 Å². The number of benzene rings is 1. The van der Waals surface area contributed by atoms with E-state index in [9.17, 15) is 4.79 Å². The van der Waals surface area contributed by atoms with Crippen LogP contribution in [0.15, 0.2) is 42.5 Å². The first-order valence-electron chi connectivity index (χ1n) is 8.10. The summed E-state index contributed by atoms with van der Waals surface area (Å²) in [6.07, 6.45) is 16.3. The molecule has 0 heterocycles. The average molecular weight is 293 g/mol. The van der Waals surface area contributed by atoms with Gasteiger partial charge in [0.1, 0.15) is 6.29 Å². The summed E-state index contributed by atoms with van der Waals surface area (Å²) in [5.74, 6) is 1.49. The Kier molecular flexibility index (Phi) is 6.64. The normalized spacial score (nSPS) is 22.0. The number of carbonyl (C=O) groups is 1. The molecule has 2 nitrogen and oxygen atoms in total. The van der Waals surface area contributed by atoms with Crippen LogP contribution in [-0.2, 0) is 4.79 Å². The van der Waals surface area contributed by atoms with Crippen molar-refractivity contribution in [1.29, 1.82) is 5.26 Å². The van der Waals surface area contributed by atoms with Gasteiger partial charge in [-0.1, -0.05) is 30.4 Å². The van der Waals surface area contributed by atoms with E-state index in [2.05, 4.69) is 18.2 Å². The molecule has 1 aliphatic rings. The zero-order valence-electron chi connectivity index (χ0n) is 12.9. The maximum Gasteiger partial charge on any atom is 0.142 e. The van der Waals surface area contributed by atoms with Gasteiger partial charge in [0.15, 0.2) is 0 Å². The van der Waals surface area contributed by atoms with E-state index in [4.69, 9.17) is 5.26 Å². The van der Waals surface area contributed by atoms with Crippen LogP contribution in [0.3, 0.4) is 0 Å². The van der Waals surface area contributed by atoms with E-state index in [1.54, 1.807) is 6.08 Å². The predicted molar refractivity (Wildman–Crippen MR) is 90.1 cm³/mol. The van der Waals surface area contributed by atoms with Crippen molar-refractivity contribution in [3.63, 3.8) is 0 Å². The fraction of sp³-hybridized carbons (Fsp3) is 0.400. The standard InChI is InChI=1S/C20H23NO/c21-16-20-13-11-19(12-14-20)10-9-18-7-5-17(6-8-18)4-2-1-3-15-22/h1,3,9-15,17-18H,2,4-8H2/t17-,18-. The lowest BCUT2D eigenvalue weighted by molar-refractivity contribution is -0.104. The molecule has 2 heteroatoms. The van der Waals surface area contributed by atoms with E-state index in [0.29, 0.717) is 11.5 Å². The highest BCUT2D eigenvalue weighted by molar-refractivity contribution is 5.64. The maximum atomic E-state index is 10.2. The van der Waals surface area contributed by atoms with Crippen LogP contribution < -0.4 is 0 Å². The summed E-state index contributed by atoms with van der Waals surface area (Å²) in [6, 6.07) is 9.87. The Labute approximate surface area is 133 Å². The zero-order valence-corrected chi connectivity index (χ0v) is 12.9. The molecule has 1 saturated carbocycles. The summed E-state index contributed by atoms with van der Waals surface area (Å²) in [7, 11) is 0. The highest BCUT2D eigenvalue weighted by Crippen LogP contribution is 2.32. The van der Waals surface area contributed by atoms with Gasteiger partial charge in [0.2, 0.25) is 0 Å². The molecule has 0 unspecified atom stereocenters. The molecule has 0 aliphatic heterocycles. The Morgan fingerprint density at radius 3 is 2.50 bits per heavy atom. The second-order valence-corrected chi connectivity index (χ2v) is 6.02. The van der Waals surface area contributed by atoms with Crippen LogP contribution in [0.4, 0.5) is 0 Å². The lowest BCUT2D eigenvalue weighted by Crippen LogP contribution is -2.12. The second kappa shape index (κ2) is 9.00. The van der Waals surface area contributed by atoms with E-state index < -0.39 is 0 Å². The average Bonchev–Trinajstić information content (AvgIpc) is 2.58. The largest absolute Gasteiger partial charge is 0.299 e. The van der Waals surface area contributed by atoms with E-state index in [0.717, 1.165) is 18.6 Å². The lowest BCUT2D eigenvalue weighted by Gasteiger charge is -2.26. The highest BCUT2D eigenvalue weighted by atomic mass is 16.1. The van der Waals surface area contributed by atoms with Gasteiger partial charge in [-0.05, 0) is 74.1 Å². The molecular weight excluding hydrogens is 270 g/mol. The molecule has 1 aromatic carbocycles. The molecule has 0 spiro atoms. The Morgan fingerprint density at radius 2 is 1.86 bits per heavy atom. The lowest BCUT2D eigenvalue weighted by atomic mass is 9.80. The number of aldehydes is 1. The van der Waals surface area contributed by atoms with Crippen molar-refractivity contribution in [3.8, 4) is 6.07 Å². The van der Waals surface area contributed by atoms with Gasteiger partial charge >= 0.3 is 0 Å². The minimum atomic E-state index is 0.678. The Bertz CT molecular complexity index is 554. The molecule has 0 saturated heterocycles. The summed E-state index contributed by atoms with van der Waals surface area (Å²) >= 11 is 0. The Hall–Kier alpha value is -2.14. The minimum absolute atomic E-state index is 0.678. The number of hydrogen-bond acceptors (Lipinski definition) is 2. The van der Waals surface area contributed by atoms with Gasteiger partial charge in [-0.2, -0.15) is 5.26 Å². The molecule has 0 radical (unpaired) electrons.